The second-order valence-electron chi connectivity index (χ2n) is 6.93. The molecule has 2 nitrogen and oxygen atoms in total. The number of hydrogen-bond donors (Lipinski definition) is 0. The standard InChI is InChI=1S/C18H22ClFO2/c1-12(21)14-9-15(19)17(10-16(14)20)22-11-13-3-7-18(8-4-13)5-2-6-18/h9-10,13H,2-8,11H2,1H3. The van der Waals surface area contributed by atoms with Crippen molar-refractivity contribution in [3.8, 4) is 5.75 Å². The molecule has 0 heterocycles. The molecule has 1 aromatic carbocycles. The van der Waals surface area contributed by atoms with Gasteiger partial charge in [-0.1, -0.05) is 18.0 Å². The first-order valence-corrected chi connectivity index (χ1v) is 8.50. The fourth-order valence-electron chi connectivity index (χ4n) is 3.75. The predicted molar refractivity (Wildman–Crippen MR) is 85.2 cm³/mol. The highest BCUT2D eigenvalue weighted by Gasteiger charge is 2.39. The van der Waals surface area contributed by atoms with Gasteiger partial charge in [0.1, 0.15) is 11.6 Å². The molecule has 2 saturated carbocycles. The van der Waals surface area contributed by atoms with E-state index in [0.717, 1.165) is 0 Å². The van der Waals surface area contributed by atoms with Gasteiger partial charge in [0, 0.05) is 6.07 Å². The summed E-state index contributed by atoms with van der Waals surface area (Å²) in [5.41, 5.74) is 0.658. The molecule has 0 bridgehead atoms. The average Bonchev–Trinajstić information content (AvgIpc) is 2.46. The Hall–Kier alpha value is -1.09. The molecule has 2 aliphatic rings. The zero-order valence-corrected chi connectivity index (χ0v) is 13.7. The molecule has 0 unspecified atom stereocenters. The van der Waals surface area contributed by atoms with Crippen molar-refractivity contribution >= 4 is 17.4 Å². The Morgan fingerprint density at radius 3 is 2.55 bits per heavy atom. The molecule has 0 aliphatic heterocycles. The maximum atomic E-state index is 13.8. The van der Waals surface area contributed by atoms with E-state index in [1.807, 2.05) is 0 Å². The number of carbonyl (C=O) groups excluding carboxylic acids is 1. The molecule has 0 atom stereocenters. The van der Waals surface area contributed by atoms with Crippen LogP contribution >= 0.6 is 11.6 Å². The lowest BCUT2D eigenvalue weighted by molar-refractivity contribution is 0.0432. The predicted octanol–water partition coefficient (Wildman–Crippen LogP) is 5.42. The minimum Gasteiger partial charge on any atom is -0.492 e. The first-order valence-electron chi connectivity index (χ1n) is 8.12. The zero-order valence-electron chi connectivity index (χ0n) is 13.0. The van der Waals surface area contributed by atoms with Crippen LogP contribution in [0.3, 0.4) is 0 Å². The molecule has 0 saturated heterocycles. The van der Waals surface area contributed by atoms with E-state index >= 15 is 0 Å². The maximum Gasteiger partial charge on any atom is 0.162 e. The van der Waals surface area contributed by atoms with Gasteiger partial charge in [-0.15, -0.1) is 0 Å². The van der Waals surface area contributed by atoms with Crippen molar-refractivity contribution in [2.45, 2.75) is 51.9 Å². The van der Waals surface area contributed by atoms with Crippen LogP contribution in [0.25, 0.3) is 0 Å². The molecule has 0 amide bonds. The smallest absolute Gasteiger partial charge is 0.162 e. The van der Waals surface area contributed by atoms with E-state index in [-0.39, 0.29) is 11.3 Å². The lowest BCUT2D eigenvalue weighted by Crippen LogP contribution is -2.35. The number of benzene rings is 1. The Morgan fingerprint density at radius 2 is 2.00 bits per heavy atom. The summed E-state index contributed by atoms with van der Waals surface area (Å²) in [4.78, 5) is 11.3. The average molecular weight is 325 g/mol. The second kappa shape index (κ2) is 6.19. The van der Waals surface area contributed by atoms with E-state index in [4.69, 9.17) is 16.3 Å². The number of halogens is 2. The van der Waals surface area contributed by atoms with Gasteiger partial charge in [-0.3, -0.25) is 4.79 Å². The lowest BCUT2D eigenvalue weighted by Gasteiger charge is -2.47. The van der Waals surface area contributed by atoms with Crippen molar-refractivity contribution in [3.05, 3.63) is 28.5 Å². The van der Waals surface area contributed by atoms with Crippen molar-refractivity contribution in [2.75, 3.05) is 6.61 Å². The summed E-state index contributed by atoms with van der Waals surface area (Å²) < 4.78 is 19.6. The van der Waals surface area contributed by atoms with Crippen molar-refractivity contribution in [2.24, 2.45) is 11.3 Å². The molecule has 1 spiro atoms. The van der Waals surface area contributed by atoms with Gasteiger partial charge in [0.15, 0.2) is 5.78 Å². The Balaban J connectivity index is 1.57. The van der Waals surface area contributed by atoms with Crippen LogP contribution in [-0.2, 0) is 0 Å². The Kier molecular flexibility index (Phi) is 4.44. The molecule has 22 heavy (non-hydrogen) atoms. The van der Waals surface area contributed by atoms with Crippen LogP contribution in [0, 0.1) is 17.2 Å². The van der Waals surface area contributed by atoms with Crippen LogP contribution in [-0.4, -0.2) is 12.4 Å². The highest BCUT2D eigenvalue weighted by molar-refractivity contribution is 6.32. The maximum absolute atomic E-state index is 13.8. The SMILES string of the molecule is CC(=O)c1cc(Cl)c(OCC2CCC3(CCC3)CC2)cc1F. The number of ketones is 1. The van der Waals surface area contributed by atoms with Gasteiger partial charge in [-0.2, -0.15) is 0 Å². The zero-order chi connectivity index (χ0) is 15.7. The summed E-state index contributed by atoms with van der Waals surface area (Å²) in [6.07, 6.45) is 9.14. The largest absolute Gasteiger partial charge is 0.492 e. The number of ether oxygens (including phenoxy) is 1. The molecule has 0 radical (unpaired) electrons. The van der Waals surface area contributed by atoms with Crippen LogP contribution in [0.2, 0.25) is 5.02 Å². The summed E-state index contributed by atoms with van der Waals surface area (Å²) in [6, 6.07) is 2.59. The van der Waals surface area contributed by atoms with E-state index in [0.29, 0.717) is 28.7 Å². The Labute approximate surface area is 136 Å². The third-order valence-corrected chi connectivity index (χ3v) is 5.75. The first-order chi connectivity index (χ1) is 10.5. The first kappa shape index (κ1) is 15.8. The highest BCUT2D eigenvalue weighted by Crippen LogP contribution is 2.52. The van der Waals surface area contributed by atoms with Crippen LogP contribution < -0.4 is 4.74 Å². The van der Waals surface area contributed by atoms with Crippen LogP contribution in [0.1, 0.15) is 62.2 Å². The summed E-state index contributed by atoms with van der Waals surface area (Å²) in [6.45, 7) is 1.91. The van der Waals surface area contributed by atoms with Crippen molar-refractivity contribution < 1.29 is 13.9 Å². The van der Waals surface area contributed by atoms with Crippen LogP contribution in [0.5, 0.6) is 5.75 Å². The van der Waals surface area contributed by atoms with Gasteiger partial charge in [0.25, 0.3) is 0 Å². The van der Waals surface area contributed by atoms with Crippen molar-refractivity contribution in [1.29, 1.82) is 0 Å². The number of rotatable bonds is 4. The summed E-state index contributed by atoms with van der Waals surface area (Å²) in [5, 5.41) is 0.304. The molecule has 2 fully saturated rings. The molecule has 2 aliphatic carbocycles. The van der Waals surface area contributed by atoms with E-state index in [1.54, 1.807) is 0 Å². The molecular weight excluding hydrogens is 303 g/mol. The van der Waals surface area contributed by atoms with Gasteiger partial charge in [0.2, 0.25) is 0 Å². The molecular formula is C18H22ClFO2. The molecule has 0 aromatic heterocycles. The van der Waals surface area contributed by atoms with Crippen molar-refractivity contribution in [3.63, 3.8) is 0 Å². The van der Waals surface area contributed by atoms with Gasteiger partial charge >= 0.3 is 0 Å². The second-order valence-corrected chi connectivity index (χ2v) is 7.33. The Bertz CT molecular complexity index is 571. The van der Waals surface area contributed by atoms with E-state index in [2.05, 4.69) is 0 Å². The van der Waals surface area contributed by atoms with Crippen molar-refractivity contribution in [1.82, 2.24) is 0 Å². The lowest BCUT2D eigenvalue weighted by atomic mass is 9.59. The normalized spacial score (nSPS) is 20.7. The summed E-state index contributed by atoms with van der Waals surface area (Å²) in [5.74, 6) is -0.0288. The quantitative estimate of drug-likeness (QED) is 0.691. The van der Waals surface area contributed by atoms with Gasteiger partial charge in [-0.05, 0) is 62.8 Å². The minimum absolute atomic E-state index is 0.0157. The Morgan fingerprint density at radius 1 is 1.32 bits per heavy atom. The van der Waals surface area contributed by atoms with Crippen LogP contribution in [0.15, 0.2) is 12.1 Å². The summed E-state index contributed by atoms with van der Waals surface area (Å²) >= 11 is 6.10. The fourth-order valence-corrected chi connectivity index (χ4v) is 3.97. The van der Waals surface area contributed by atoms with Gasteiger partial charge < -0.3 is 4.74 Å². The van der Waals surface area contributed by atoms with E-state index < -0.39 is 5.82 Å². The van der Waals surface area contributed by atoms with Crippen LogP contribution in [0.4, 0.5) is 4.39 Å². The highest BCUT2D eigenvalue weighted by atomic mass is 35.5. The summed E-state index contributed by atoms with van der Waals surface area (Å²) in [7, 11) is 0. The monoisotopic (exact) mass is 324 g/mol. The number of hydrogen-bond acceptors (Lipinski definition) is 2. The minimum atomic E-state index is -0.566. The van der Waals surface area contributed by atoms with E-state index in [9.17, 15) is 9.18 Å². The van der Waals surface area contributed by atoms with E-state index in [1.165, 1.54) is 64.0 Å². The van der Waals surface area contributed by atoms with Gasteiger partial charge in [-0.25, -0.2) is 4.39 Å². The molecule has 4 heteroatoms. The number of carbonyl (C=O) groups is 1. The van der Waals surface area contributed by atoms with Gasteiger partial charge in [0.05, 0.1) is 17.2 Å². The molecule has 0 N–H and O–H groups in total. The molecule has 3 rings (SSSR count). The fraction of sp³-hybridized carbons (Fsp3) is 0.611. The number of Topliss-reactive ketones (excluding diaryl/α,β-unsaturated/α-hetero) is 1. The molecule has 120 valence electrons. The third kappa shape index (κ3) is 3.15. The topological polar surface area (TPSA) is 26.3 Å². The molecule has 1 aromatic rings. The third-order valence-electron chi connectivity index (χ3n) is 5.46.